The van der Waals surface area contributed by atoms with Crippen molar-refractivity contribution in [2.45, 2.75) is 38.5 Å². The lowest BCUT2D eigenvalue weighted by atomic mass is 9.81. The van der Waals surface area contributed by atoms with Gasteiger partial charge in [-0.1, -0.05) is 6.92 Å². The Morgan fingerprint density at radius 3 is 2.86 bits per heavy atom. The Balaban J connectivity index is 2.51. The Bertz CT molecular complexity index is 344. The first-order valence-electron chi connectivity index (χ1n) is 5.27. The molecule has 1 unspecified atom stereocenters. The lowest BCUT2D eigenvalue weighted by molar-refractivity contribution is 0.426. The summed E-state index contributed by atoms with van der Waals surface area (Å²) >= 11 is 0. The summed E-state index contributed by atoms with van der Waals surface area (Å²) in [4.78, 5) is 0. The van der Waals surface area contributed by atoms with Gasteiger partial charge in [0.15, 0.2) is 0 Å². The van der Waals surface area contributed by atoms with Crippen molar-refractivity contribution in [2.75, 3.05) is 0 Å². The van der Waals surface area contributed by atoms with Gasteiger partial charge < -0.3 is 10.2 Å². The Hall–Kier alpha value is -1.18. The molecule has 76 valence electrons. The van der Waals surface area contributed by atoms with Crippen molar-refractivity contribution in [3.05, 3.63) is 23.3 Å². The van der Waals surface area contributed by atoms with Gasteiger partial charge in [0.2, 0.25) is 0 Å². The summed E-state index contributed by atoms with van der Waals surface area (Å²) in [5.74, 6) is 0.920. The molecule has 0 aromatic heterocycles. The van der Waals surface area contributed by atoms with Gasteiger partial charge in [-0.2, -0.15) is 0 Å². The monoisotopic (exact) mass is 192 g/mol. The lowest BCUT2D eigenvalue weighted by Gasteiger charge is -2.25. The SMILES string of the molecule is CCC1CCCc2cc(O)cc(O)c21. The summed E-state index contributed by atoms with van der Waals surface area (Å²) in [5, 5.41) is 19.1. The van der Waals surface area contributed by atoms with E-state index in [9.17, 15) is 10.2 Å². The maximum atomic E-state index is 9.78. The number of fused-ring (bicyclic) bond motifs is 1. The summed E-state index contributed by atoms with van der Waals surface area (Å²) in [6, 6.07) is 3.24. The fraction of sp³-hybridized carbons (Fsp3) is 0.500. The normalized spacial score (nSPS) is 20.5. The number of hydrogen-bond donors (Lipinski definition) is 2. The number of hydrogen-bond acceptors (Lipinski definition) is 2. The topological polar surface area (TPSA) is 40.5 Å². The van der Waals surface area contributed by atoms with Crippen LogP contribution in [0, 0.1) is 0 Å². The van der Waals surface area contributed by atoms with E-state index in [1.54, 1.807) is 6.07 Å². The van der Waals surface area contributed by atoms with Gasteiger partial charge in [-0.3, -0.25) is 0 Å². The van der Waals surface area contributed by atoms with Gasteiger partial charge >= 0.3 is 0 Å². The molecule has 1 aliphatic carbocycles. The molecule has 0 saturated heterocycles. The molecule has 0 spiro atoms. The standard InChI is InChI=1S/C12H16O2/c1-2-8-4-3-5-9-6-10(13)7-11(14)12(8)9/h6-8,13-14H,2-5H2,1H3. The molecule has 0 radical (unpaired) electrons. The molecule has 2 heteroatoms. The minimum atomic E-state index is 0.179. The van der Waals surface area contributed by atoms with Crippen molar-refractivity contribution in [2.24, 2.45) is 0 Å². The molecule has 14 heavy (non-hydrogen) atoms. The summed E-state index contributed by atoms with van der Waals surface area (Å²) in [6.45, 7) is 2.14. The van der Waals surface area contributed by atoms with Gasteiger partial charge in [-0.15, -0.1) is 0 Å². The van der Waals surface area contributed by atoms with Crippen LogP contribution < -0.4 is 0 Å². The van der Waals surface area contributed by atoms with Crippen LogP contribution in [0.5, 0.6) is 11.5 Å². The van der Waals surface area contributed by atoms with Gasteiger partial charge in [-0.25, -0.2) is 0 Å². The molecule has 2 N–H and O–H groups in total. The largest absolute Gasteiger partial charge is 0.508 e. The molecule has 0 bridgehead atoms. The summed E-state index contributed by atoms with van der Waals surface area (Å²) in [6.07, 6.45) is 4.36. The average Bonchev–Trinajstić information content (AvgIpc) is 2.16. The van der Waals surface area contributed by atoms with Crippen LogP contribution in [0.1, 0.15) is 43.2 Å². The Morgan fingerprint density at radius 2 is 2.14 bits per heavy atom. The molecule has 1 aromatic carbocycles. The lowest BCUT2D eigenvalue weighted by Crippen LogP contribution is -2.09. The van der Waals surface area contributed by atoms with E-state index in [2.05, 4.69) is 6.92 Å². The maximum Gasteiger partial charge on any atom is 0.123 e. The summed E-state index contributed by atoms with van der Waals surface area (Å²) < 4.78 is 0. The van der Waals surface area contributed by atoms with E-state index in [-0.39, 0.29) is 11.5 Å². The molecule has 1 aromatic rings. The zero-order valence-corrected chi connectivity index (χ0v) is 8.45. The predicted molar refractivity (Wildman–Crippen MR) is 55.7 cm³/mol. The van der Waals surface area contributed by atoms with Crippen molar-refractivity contribution in [3.63, 3.8) is 0 Å². The quantitative estimate of drug-likeness (QED) is 0.718. The summed E-state index contributed by atoms with van der Waals surface area (Å²) in [5.41, 5.74) is 2.19. The third-order valence-electron chi connectivity index (χ3n) is 3.13. The van der Waals surface area contributed by atoms with Crippen molar-refractivity contribution >= 4 is 0 Å². The molecule has 0 heterocycles. The van der Waals surface area contributed by atoms with Crippen LogP contribution in [0.4, 0.5) is 0 Å². The second-order valence-electron chi connectivity index (χ2n) is 4.04. The van der Waals surface area contributed by atoms with E-state index >= 15 is 0 Å². The van der Waals surface area contributed by atoms with Crippen molar-refractivity contribution in [1.82, 2.24) is 0 Å². The molecule has 2 rings (SSSR count). The van der Waals surface area contributed by atoms with Gasteiger partial charge in [0.25, 0.3) is 0 Å². The number of rotatable bonds is 1. The highest BCUT2D eigenvalue weighted by molar-refractivity contribution is 5.48. The highest BCUT2D eigenvalue weighted by Crippen LogP contribution is 2.41. The van der Waals surface area contributed by atoms with E-state index in [0.717, 1.165) is 36.8 Å². The first kappa shape index (κ1) is 9.38. The second kappa shape index (κ2) is 3.52. The third-order valence-corrected chi connectivity index (χ3v) is 3.13. The number of benzene rings is 1. The van der Waals surface area contributed by atoms with Crippen LogP contribution in [0.15, 0.2) is 12.1 Å². The minimum absolute atomic E-state index is 0.179. The van der Waals surface area contributed by atoms with Crippen molar-refractivity contribution < 1.29 is 10.2 Å². The highest BCUT2D eigenvalue weighted by Gasteiger charge is 2.22. The van der Waals surface area contributed by atoms with E-state index < -0.39 is 0 Å². The van der Waals surface area contributed by atoms with Crippen LogP contribution in [0.25, 0.3) is 0 Å². The maximum absolute atomic E-state index is 9.78. The second-order valence-corrected chi connectivity index (χ2v) is 4.04. The molecule has 0 saturated carbocycles. The molecular weight excluding hydrogens is 176 g/mol. The van der Waals surface area contributed by atoms with Gasteiger partial charge in [-0.05, 0) is 43.2 Å². The van der Waals surface area contributed by atoms with Crippen molar-refractivity contribution in [1.29, 1.82) is 0 Å². The third kappa shape index (κ3) is 1.45. The van der Waals surface area contributed by atoms with Crippen molar-refractivity contribution in [3.8, 4) is 11.5 Å². The molecule has 1 aliphatic rings. The molecular formula is C12H16O2. The van der Waals surface area contributed by atoms with E-state index in [1.807, 2.05) is 0 Å². The van der Waals surface area contributed by atoms with Crippen LogP contribution in [-0.4, -0.2) is 10.2 Å². The predicted octanol–water partition coefficient (Wildman–Crippen LogP) is 2.93. The number of phenols is 2. The Labute approximate surface area is 84.2 Å². The smallest absolute Gasteiger partial charge is 0.123 e. The first-order valence-corrected chi connectivity index (χ1v) is 5.27. The number of aryl methyl sites for hydroxylation is 1. The van der Waals surface area contributed by atoms with Crippen LogP contribution >= 0.6 is 0 Å². The fourth-order valence-electron chi connectivity index (χ4n) is 2.45. The molecule has 2 nitrogen and oxygen atoms in total. The van der Waals surface area contributed by atoms with Crippen LogP contribution in [-0.2, 0) is 6.42 Å². The fourth-order valence-corrected chi connectivity index (χ4v) is 2.45. The summed E-state index contributed by atoms with van der Waals surface area (Å²) in [7, 11) is 0. The Morgan fingerprint density at radius 1 is 1.36 bits per heavy atom. The van der Waals surface area contributed by atoms with E-state index in [0.29, 0.717) is 5.92 Å². The van der Waals surface area contributed by atoms with E-state index in [4.69, 9.17) is 0 Å². The molecule has 1 atom stereocenters. The van der Waals surface area contributed by atoms with Gasteiger partial charge in [0.1, 0.15) is 11.5 Å². The molecule has 0 amide bonds. The Kier molecular flexibility index (Phi) is 2.36. The van der Waals surface area contributed by atoms with E-state index in [1.165, 1.54) is 6.07 Å². The van der Waals surface area contributed by atoms with Gasteiger partial charge in [0, 0.05) is 11.6 Å². The number of phenolic OH excluding ortho intramolecular Hbond substituents is 2. The minimum Gasteiger partial charge on any atom is -0.508 e. The highest BCUT2D eigenvalue weighted by atomic mass is 16.3. The average molecular weight is 192 g/mol. The van der Waals surface area contributed by atoms with Crippen LogP contribution in [0.3, 0.4) is 0 Å². The molecule has 0 fully saturated rings. The van der Waals surface area contributed by atoms with Gasteiger partial charge in [0.05, 0.1) is 0 Å². The number of aromatic hydroxyl groups is 2. The first-order chi connectivity index (χ1) is 6.72. The zero-order valence-electron chi connectivity index (χ0n) is 8.45. The zero-order chi connectivity index (χ0) is 10.1. The van der Waals surface area contributed by atoms with Crippen LogP contribution in [0.2, 0.25) is 0 Å². The molecule has 0 aliphatic heterocycles.